The maximum atomic E-state index is 12.6. The highest BCUT2D eigenvalue weighted by molar-refractivity contribution is 7.80. The van der Waals surface area contributed by atoms with Gasteiger partial charge in [-0.3, -0.25) is 14.4 Å². The number of quaternary nitrogens is 1. The summed E-state index contributed by atoms with van der Waals surface area (Å²) in [6, 6.07) is -2.17. The molecule has 0 unspecified atom stereocenters. The summed E-state index contributed by atoms with van der Waals surface area (Å²) in [5, 5.41) is 7.36. The van der Waals surface area contributed by atoms with Gasteiger partial charge in [-0.1, -0.05) is 0 Å². The Morgan fingerprint density at radius 3 is 1.89 bits per heavy atom. The Morgan fingerprint density at radius 1 is 0.868 bits per heavy atom. The molecule has 0 spiro atoms. The summed E-state index contributed by atoms with van der Waals surface area (Å²) in [6.45, 7) is 10.5. The van der Waals surface area contributed by atoms with Crippen molar-refractivity contribution in [2.24, 2.45) is 0 Å². The molecule has 0 fully saturated rings. The van der Waals surface area contributed by atoms with Crippen LogP contribution in [0.2, 0.25) is 0 Å². The molecular weight excluding hydrogens is 584 g/mol. The maximum Gasteiger partial charge on any atom is 0.408 e. The Hall–Kier alpha value is -2.06. The SMILES string of the molecule is CC(C)(C)OC(=O)N[C@@H](CCC(=O)N[C@@H](CS)C(=O)NCC(=O)OCC[N+](C)(C)C)C(=O)OC(C)(C)C.[Br-]. The van der Waals surface area contributed by atoms with Crippen LogP contribution in [0, 0.1) is 0 Å². The number of halogens is 1. The summed E-state index contributed by atoms with van der Waals surface area (Å²) in [7, 11) is 5.87. The van der Waals surface area contributed by atoms with Gasteiger partial charge in [0.1, 0.15) is 43.0 Å². The molecule has 0 bridgehead atoms. The number of thiol groups is 1. The van der Waals surface area contributed by atoms with Gasteiger partial charge in [0.25, 0.3) is 0 Å². The summed E-state index contributed by atoms with van der Waals surface area (Å²) in [4.78, 5) is 61.5. The van der Waals surface area contributed by atoms with Gasteiger partial charge in [0.2, 0.25) is 11.8 Å². The number of ether oxygens (including phenoxy) is 3. The summed E-state index contributed by atoms with van der Waals surface area (Å²) >= 11 is 4.09. The van der Waals surface area contributed by atoms with Crippen LogP contribution < -0.4 is 32.9 Å². The minimum absolute atomic E-state index is 0. The molecule has 0 aliphatic carbocycles. The zero-order valence-electron chi connectivity index (χ0n) is 23.9. The van der Waals surface area contributed by atoms with Crippen LogP contribution in [0.25, 0.3) is 0 Å². The number of amides is 3. The number of hydrogen-bond donors (Lipinski definition) is 4. The third-order valence-corrected chi connectivity index (χ3v) is 4.67. The molecule has 0 saturated heterocycles. The van der Waals surface area contributed by atoms with Crippen LogP contribution in [0.4, 0.5) is 4.79 Å². The topological polar surface area (TPSA) is 149 Å². The Labute approximate surface area is 242 Å². The van der Waals surface area contributed by atoms with E-state index in [-0.39, 0.29) is 48.7 Å². The molecule has 14 heteroatoms. The van der Waals surface area contributed by atoms with E-state index in [0.717, 1.165) is 0 Å². The number of carbonyl (C=O) groups excluding carboxylic acids is 5. The van der Waals surface area contributed by atoms with Crippen LogP contribution in [0.5, 0.6) is 0 Å². The first-order valence-electron chi connectivity index (χ1n) is 12.1. The summed E-state index contributed by atoms with van der Waals surface area (Å²) in [6.07, 6.45) is -1.13. The van der Waals surface area contributed by atoms with Crippen LogP contribution in [-0.2, 0) is 33.4 Å². The van der Waals surface area contributed by atoms with Crippen molar-refractivity contribution < 1.29 is 59.6 Å². The first-order valence-corrected chi connectivity index (χ1v) is 12.7. The van der Waals surface area contributed by atoms with Gasteiger partial charge in [-0.05, 0) is 48.0 Å². The van der Waals surface area contributed by atoms with E-state index in [9.17, 15) is 24.0 Å². The first-order chi connectivity index (χ1) is 16.7. The molecule has 0 radical (unpaired) electrons. The van der Waals surface area contributed by atoms with Crippen molar-refractivity contribution in [3.05, 3.63) is 0 Å². The second-order valence-electron chi connectivity index (χ2n) is 11.5. The lowest BCUT2D eigenvalue weighted by atomic mass is 10.1. The largest absolute Gasteiger partial charge is 1.00 e. The maximum absolute atomic E-state index is 12.6. The van der Waals surface area contributed by atoms with Crippen molar-refractivity contribution in [3.8, 4) is 0 Å². The third kappa shape index (κ3) is 20.0. The predicted molar refractivity (Wildman–Crippen MR) is 141 cm³/mol. The van der Waals surface area contributed by atoms with Crippen LogP contribution >= 0.6 is 12.6 Å². The minimum atomic E-state index is -1.15. The van der Waals surface area contributed by atoms with Gasteiger partial charge in [0.15, 0.2) is 0 Å². The van der Waals surface area contributed by atoms with Gasteiger partial charge in [-0.2, -0.15) is 12.6 Å². The van der Waals surface area contributed by atoms with E-state index in [4.69, 9.17) is 14.2 Å². The van der Waals surface area contributed by atoms with E-state index >= 15 is 0 Å². The number of rotatable bonds is 13. The molecule has 0 heterocycles. The van der Waals surface area contributed by atoms with E-state index in [2.05, 4.69) is 28.6 Å². The lowest BCUT2D eigenvalue weighted by molar-refractivity contribution is -0.870. The molecule has 0 aromatic rings. The second kappa shape index (κ2) is 16.8. The zero-order chi connectivity index (χ0) is 29.0. The van der Waals surface area contributed by atoms with E-state index < -0.39 is 53.1 Å². The van der Waals surface area contributed by atoms with Crippen molar-refractivity contribution in [3.63, 3.8) is 0 Å². The average molecular weight is 630 g/mol. The number of likely N-dealkylation sites (N-methyl/N-ethyl adjacent to an activating group) is 1. The van der Waals surface area contributed by atoms with Gasteiger partial charge in [-0.15, -0.1) is 0 Å². The van der Waals surface area contributed by atoms with Gasteiger partial charge in [0.05, 0.1) is 21.1 Å². The van der Waals surface area contributed by atoms with E-state index in [1.165, 1.54) is 0 Å². The van der Waals surface area contributed by atoms with Gasteiger partial charge in [0, 0.05) is 12.2 Å². The highest BCUT2D eigenvalue weighted by Gasteiger charge is 2.30. The summed E-state index contributed by atoms with van der Waals surface area (Å²) < 4.78 is 16.2. The molecule has 3 N–H and O–H groups in total. The van der Waals surface area contributed by atoms with Crippen molar-refractivity contribution in [2.75, 3.05) is 46.6 Å². The number of nitrogens with zero attached hydrogens (tertiary/aromatic N) is 1. The Morgan fingerprint density at radius 2 is 1.42 bits per heavy atom. The highest BCUT2D eigenvalue weighted by Crippen LogP contribution is 2.13. The fourth-order valence-electron chi connectivity index (χ4n) is 2.57. The molecule has 2 atom stereocenters. The average Bonchev–Trinajstić information content (AvgIpc) is 2.69. The van der Waals surface area contributed by atoms with E-state index in [1.54, 1.807) is 41.5 Å². The monoisotopic (exact) mass is 628 g/mol. The van der Waals surface area contributed by atoms with Crippen molar-refractivity contribution in [2.45, 2.75) is 77.7 Å². The van der Waals surface area contributed by atoms with Crippen molar-refractivity contribution in [1.82, 2.24) is 16.0 Å². The molecule has 0 saturated carbocycles. The van der Waals surface area contributed by atoms with Crippen molar-refractivity contribution >= 4 is 42.5 Å². The van der Waals surface area contributed by atoms with Gasteiger partial charge in [-0.25, -0.2) is 9.59 Å². The molecule has 0 aromatic heterocycles. The second-order valence-corrected chi connectivity index (χ2v) is 11.9. The predicted octanol–water partition coefficient (Wildman–Crippen LogP) is -2.21. The fourth-order valence-corrected chi connectivity index (χ4v) is 2.83. The molecule has 0 aliphatic rings. The molecule has 12 nitrogen and oxygen atoms in total. The molecule has 3 amide bonds. The molecule has 0 aliphatic heterocycles. The zero-order valence-corrected chi connectivity index (χ0v) is 26.4. The molecular formula is C24H45BrN4O8S. The van der Waals surface area contributed by atoms with Crippen molar-refractivity contribution in [1.29, 1.82) is 0 Å². The quantitative estimate of drug-likeness (QED) is 0.0776. The Bertz CT molecular complexity index is 807. The molecule has 222 valence electrons. The number of alkyl carbamates (subject to hydrolysis) is 1. The molecule has 38 heavy (non-hydrogen) atoms. The van der Waals surface area contributed by atoms with Crippen LogP contribution in [0.15, 0.2) is 0 Å². The smallest absolute Gasteiger partial charge is 0.408 e. The molecule has 0 rings (SSSR count). The molecule has 0 aromatic carbocycles. The number of carbonyl (C=O) groups is 5. The van der Waals surface area contributed by atoms with Crippen LogP contribution in [0.1, 0.15) is 54.4 Å². The van der Waals surface area contributed by atoms with E-state index in [0.29, 0.717) is 11.0 Å². The minimum Gasteiger partial charge on any atom is -1.00 e. The Balaban J connectivity index is 0. The number of nitrogens with one attached hydrogen (secondary N) is 3. The standard InChI is InChI=1S/C24H44N4O8S.BrH/c1-23(2,3)35-21(32)16(27-22(33)36-24(4,5)6)10-11-18(29)26-17(15-37)20(31)25-14-19(30)34-13-12-28(7,8)9;/h16-17H,10-15H2,1-9H3,(H3-,25,26,27,29,31,33,37);1H/t16-,17-;/m0./s1. The van der Waals surface area contributed by atoms with Crippen LogP contribution in [0.3, 0.4) is 0 Å². The lowest BCUT2D eigenvalue weighted by Gasteiger charge is -2.26. The Kier molecular flexibility index (Phi) is 16.8. The lowest BCUT2D eigenvalue weighted by Crippen LogP contribution is -3.00. The summed E-state index contributed by atoms with van der Waals surface area (Å²) in [5.41, 5.74) is -1.60. The number of esters is 2. The normalized spacial score (nSPS) is 13.2. The highest BCUT2D eigenvalue weighted by atomic mass is 79.9. The fraction of sp³-hybridized carbons (Fsp3) is 0.792. The summed E-state index contributed by atoms with van der Waals surface area (Å²) in [5.74, 6) is -2.51. The first kappa shape index (κ1) is 38.1. The van der Waals surface area contributed by atoms with Gasteiger partial charge < -0.3 is 51.6 Å². The van der Waals surface area contributed by atoms with E-state index in [1.807, 2.05) is 21.1 Å². The van der Waals surface area contributed by atoms with Gasteiger partial charge >= 0.3 is 18.0 Å². The number of hydrogen-bond acceptors (Lipinski definition) is 9. The van der Waals surface area contributed by atoms with Crippen LogP contribution in [-0.4, -0.2) is 104 Å². The third-order valence-electron chi connectivity index (χ3n) is 4.31.